The van der Waals surface area contributed by atoms with Crippen LogP contribution >= 0.6 is 0 Å². The number of carbonyl (C=O) groups excluding carboxylic acids is 2. The van der Waals surface area contributed by atoms with Gasteiger partial charge in [-0.15, -0.1) is 0 Å². The van der Waals surface area contributed by atoms with Crippen LogP contribution in [-0.2, 0) is 16.1 Å². The number of para-hydroxylation sites is 1. The normalized spacial score (nSPS) is 14.6. The van der Waals surface area contributed by atoms with Crippen molar-refractivity contribution in [2.24, 2.45) is 5.92 Å². The van der Waals surface area contributed by atoms with Gasteiger partial charge in [0, 0.05) is 11.5 Å². The standard InChI is InChI=1S/C24H26N4O5/c1-31-18-9-7-16(8-10-18)22-26-21(33-27-22)15-28-13-11-17(12-14-28)23(29)25-20-6-4-3-5-19(20)24(30)32-2/h3-10,17H,11-15H2,1-2H3,(H,25,29). The Kier molecular flexibility index (Phi) is 6.99. The quantitative estimate of drug-likeness (QED) is 0.546. The van der Waals surface area contributed by atoms with Gasteiger partial charge in [0.1, 0.15) is 5.75 Å². The average molecular weight is 450 g/mol. The third-order valence-corrected chi connectivity index (χ3v) is 5.72. The molecule has 2 heterocycles. The van der Waals surface area contributed by atoms with Gasteiger partial charge >= 0.3 is 5.97 Å². The number of ether oxygens (including phenoxy) is 2. The number of likely N-dealkylation sites (tertiary alicyclic amines) is 1. The highest BCUT2D eigenvalue weighted by Gasteiger charge is 2.27. The Hall–Kier alpha value is -3.72. The molecule has 33 heavy (non-hydrogen) atoms. The van der Waals surface area contributed by atoms with Crippen LogP contribution in [0.25, 0.3) is 11.4 Å². The zero-order valence-electron chi connectivity index (χ0n) is 18.6. The molecule has 1 aromatic heterocycles. The van der Waals surface area contributed by atoms with Crippen LogP contribution in [0.15, 0.2) is 53.1 Å². The van der Waals surface area contributed by atoms with Crippen molar-refractivity contribution in [1.82, 2.24) is 15.0 Å². The molecule has 1 amide bonds. The number of hydrogen-bond acceptors (Lipinski definition) is 8. The Morgan fingerprint density at radius 2 is 1.82 bits per heavy atom. The molecule has 1 N–H and O–H groups in total. The van der Waals surface area contributed by atoms with Crippen molar-refractivity contribution in [3.05, 3.63) is 60.0 Å². The third kappa shape index (κ3) is 5.38. The van der Waals surface area contributed by atoms with Gasteiger partial charge in [0.2, 0.25) is 17.6 Å². The van der Waals surface area contributed by atoms with Crippen molar-refractivity contribution in [2.75, 3.05) is 32.6 Å². The van der Waals surface area contributed by atoms with Crippen LogP contribution in [0.3, 0.4) is 0 Å². The van der Waals surface area contributed by atoms with Gasteiger partial charge in [-0.2, -0.15) is 4.98 Å². The van der Waals surface area contributed by atoms with Gasteiger partial charge in [0.25, 0.3) is 0 Å². The number of anilines is 1. The molecule has 0 atom stereocenters. The molecule has 0 aliphatic carbocycles. The lowest BCUT2D eigenvalue weighted by Crippen LogP contribution is -2.38. The molecule has 3 aromatic rings. The fraction of sp³-hybridized carbons (Fsp3) is 0.333. The molecule has 2 aromatic carbocycles. The van der Waals surface area contributed by atoms with E-state index >= 15 is 0 Å². The summed E-state index contributed by atoms with van der Waals surface area (Å²) in [6, 6.07) is 14.3. The van der Waals surface area contributed by atoms with Gasteiger partial charge in [-0.25, -0.2) is 4.79 Å². The summed E-state index contributed by atoms with van der Waals surface area (Å²) < 4.78 is 15.4. The molecule has 4 rings (SSSR count). The minimum Gasteiger partial charge on any atom is -0.497 e. The molecule has 1 aliphatic heterocycles. The Morgan fingerprint density at radius 1 is 1.09 bits per heavy atom. The summed E-state index contributed by atoms with van der Waals surface area (Å²) in [5.74, 6) is 1.13. The number of esters is 1. The van der Waals surface area contributed by atoms with Crippen LogP contribution in [0.2, 0.25) is 0 Å². The van der Waals surface area contributed by atoms with Crippen molar-refractivity contribution >= 4 is 17.6 Å². The first kappa shape index (κ1) is 22.5. The molecule has 1 fully saturated rings. The van der Waals surface area contributed by atoms with Gasteiger partial charge in [0.15, 0.2) is 0 Å². The molecule has 0 saturated carbocycles. The number of nitrogens with zero attached hydrogens (tertiary/aromatic N) is 3. The van der Waals surface area contributed by atoms with Crippen molar-refractivity contribution < 1.29 is 23.6 Å². The number of rotatable bonds is 7. The molecule has 0 spiro atoms. The van der Waals surface area contributed by atoms with Crippen molar-refractivity contribution in [1.29, 1.82) is 0 Å². The second-order valence-corrected chi connectivity index (χ2v) is 7.82. The lowest BCUT2D eigenvalue weighted by molar-refractivity contribution is -0.121. The Bertz CT molecular complexity index is 1100. The van der Waals surface area contributed by atoms with E-state index in [-0.39, 0.29) is 11.8 Å². The van der Waals surface area contributed by atoms with Crippen LogP contribution in [0.4, 0.5) is 5.69 Å². The highest BCUT2D eigenvalue weighted by atomic mass is 16.5. The predicted molar refractivity (Wildman–Crippen MR) is 121 cm³/mol. The molecule has 1 saturated heterocycles. The van der Waals surface area contributed by atoms with E-state index in [0.717, 1.165) is 24.4 Å². The number of methoxy groups -OCH3 is 2. The minimum absolute atomic E-state index is 0.0921. The molecule has 1 aliphatic rings. The summed E-state index contributed by atoms with van der Waals surface area (Å²) in [7, 11) is 2.94. The molecule has 9 heteroatoms. The first-order valence-electron chi connectivity index (χ1n) is 10.7. The van der Waals surface area contributed by atoms with E-state index in [4.69, 9.17) is 14.0 Å². The Labute approximate surface area is 191 Å². The van der Waals surface area contributed by atoms with Gasteiger partial charge in [0.05, 0.1) is 32.0 Å². The van der Waals surface area contributed by atoms with Gasteiger partial charge < -0.3 is 19.3 Å². The summed E-state index contributed by atoms with van der Waals surface area (Å²) in [5.41, 5.74) is 1.66. The first-order valence-corrected chi connectivity index (χ1v) is 10.7. The second-order valence-electron chi connectivity index (χ2n) is 7.82. The van der Waals surface area contributed by atoms with Gasteiger partial charge in [-0.05, 0) is 62.3 Å². The van der Waals surface area contributed by atoms with E-state index in [1.54, 1.807) is 31.4 Å². The number of carbonyl (C=O) groups is 2. The van der Waals surface area contributed by atoms with Crippen LogP contribution in [0, 0.1) is 5.92 Å². The molecule has 0 unspecified atom stereocenters. The summed E-state index contributed by atoms with van der Waals surface area (Å²) in [6.07, 6.45) is 1.40. The Morgan fingerprint density at radius 3 is 2.52 bits per heavy atom. The molecular weight excluding hydrogens is 424 g/mol. The highest BCUT2D eigenvalue weighted by molar-refractivity contribution is 6.01. The van der Waals surface area contributed by atoms with E-state index in [2.05, 4.69) is 20.4 Å². The van der Waals surface area contributed by atoms with E-state index < -0.39 is 5.97 Å². The summed E-state index contributed by atoms with van der Waals surface area (Å²) in [5, 5.41) is 6.95. The number of benzene rings is 2. The maximum Gasteiger partial charge on any atom is 0.339 e. The van der Waals surface area contributed by atoms with Crippen LogP contribution in [0.5, 0.6) is 5.75 Å². The molecule has 172 valence electrons. The molecule has 9 nitrogen and oxygen atoms in total. The highest BCUT2D eigenvalue weighted by Crippen LogP contribution is 2.24. The largest absolute Gasteiger partial charge is 0.497 e. The average Bonchev–Trinajstić information content (AvgIpc) is 3.32. The fourth-order valence-corrected chi connectivity index (χ4v) is 3.84. The number of piperidine rings is 1. The summed E-state index contributed by atoms with van der Waals surface area (Å²) in [4.78, 5) is 31.4. The third-order valence-electron chi connectivity index (χ3n) is 5.72. The van der Waals surface area contributed by atoms with E-state index in [9.17, 15) is 9.59 Å². The number of hydrogen-bond donors (Lipinski definition) is 1. The topological polar surface area (TPSA) is 107 Å². The van der Waals surface area contributed by atoms with Crippen LogP contribution in [0.1, 0.15) is 29.1 Å². The summed E-state index contributed by atoms with van der Waals surface area (Å²) in [6.45, 7) is 2.00. The van der Waals surface area contributed by atoms with E-state index in [1.807, 2.05) is 24.3 Å². The number of aromatic nitrogens is 2. The minimum atomic E-state index is -0.478. The first-order chi connectivity index (χ1) is 16.1. The SMILES string of the molecule is COC(=O)c1ccccc1NC(=O)C1CCN(Cc2nc(-c3ccc(OC)cc3)no2)CC1. The van der Waals surface area contributed by atoms with E-state index in [1.165, 1.54) is 7.11 Å². The zero-order valence-corrected chi connectivity index (χ0v) is 18.6. The summed E-state index contributed by atoms with van der Waals surface area (Å²) >= 11 is 0. The monoisotopic (exact) mass is 450 g/mol. The molecule has 0 bridgehead atoms. The molecule has 0 radical (unpaired) electrons. The van der Waals surface area contributed by atoms with Crippen molar-refractivity contribution in [2.45, 2.75) is 19.4 Å². The van der Waals surface area contributed by atoms with Crippen LogP contribution < -0.4 is 10.1 Å². The smallest absolute Gasteiger partial charge is 0.339 e. The zero-order chi connectivity index (χ0) is 23.2. The number of amides is 1. The lowest BCUT2D eigenvalue weighted by atomic mass is 9.95. The predicted octanol–water partition coefficient (Wildman–Crippen LogP) is 3.38. The van der Waals surface area contributed by atoms with Crippen molar-refractivity contribution in [3.8, 4) is 17.1 Å². The van der Waals surface area contributed by atoms with Crippen molar-refractivity contribution in [3.63, 3.8) is 0 Å². The van der Waals surface area contributed by atoms with Crippen LogP contribution in [-0.4, -0.2) is 54.2 Å². The maximum absolute atomic E-state index is 12.8. The fourth-order valence-electron chi connectivity index (χ4n) is 3.84. The van der Waals surface area contributed by atoms with Gasteiger partial charge in [-0.3, -0.25) is 9.69 Å². The lowest BCUT2D eigenvalue weighted by Gasteiger charge is -2.30. The number of nitrogens with one attached hydrogen (secondary N) is 1. The van der Waals surface area contributed by atoms with E-state index in [0.29, 0.717) is 42.4 Å². The second kappa shape index (κ2) is 10.3. The van der Waals surface area contributed by atoms with Gasteiger partial charge in [-0.1, -0.05) is 17.3 Å². The maximum atomic E-state index is 12.8. The Balaban J connectivity index is 1.30. The molecular formula is C24H26N4O5.